The SMILES string of the molecule is CN(Cc1ccccc1)C[C@@H](O)COc1ccc(CNCc2cccnc2)cc1. The fourth-order valence-electron chi connectivity index (χ4n) is 3.12. The van der Waals surface area contributed by atoms with Gasteiger partial charge in [0.25, 0.3) is 0 Å². The van der Waals surface area contributed by atoms with E-state index >= 15 is 0 Å². The summed E-state index contributed by atoms with van der Waals surface area (Å²) in [6.45, 7) is 3.21. The molecule has 0 saturated heterocycles. The van der Waals surface area contributed by atoms with Gasteiger partial charge in [-0.05, 0) is 41.9 Å². The van der Waals surface area contributed by atoms with Crippen molar-refractivity contribution in [2.45, 2.75) is 25.7 Å². The summed E-state index contributed by atoms with van der Waals surface area (Å²) >= 11 is 0. The van der Waals surface area contributed by atoms with Crippen LogP contribution in [0.4, 0.5) is 0 Å². The van der Waals surface area contributed by atoms with Crippen LogP contribution in [0.2, 0.25) is 0 Å². The highest BCUT2D eigenvalue weighted by Crippen LogP contribution is 2.13. The number of hydrogen-bond donors (Lipinski definition) is 2. The molecule has 0 amide bonds. The minimum Gasteiger partial charge on any atom is -0.491 e. The summed E-state index contributed by atoms with van der Waals surface area (Å²) < 4.78 is 5.74. The molecule has 0 aliphatic rings. The minimum atomic E-state index is -0.537. The zero-order valence-corrected chi connectivity index (χ0v) is 16.9. The van der Waals surface area contributed by atoms with E-state index in [9.17, 15) is 5.11 Å². The molecular weight excluding hydrogens is 362 g/mol. The van der Waals surface area contributed by atoms with E-state index in [1.165, 1.54) is 16.7 Å². The molecule has 1 atom stereocenters. The van der Waals surface area contributed by atoms with Crippen LogP contribution in [0.5, 0.6) is 5.75 Å². The first-order valence-electron chi connectivity index (χ1n) is 9.91. The summed E-state index contributed by atoms with van der Waals surface area (Å²) in [6.07, 6.45) is 3.11. The van der Waals surface area contributed by atoms with Crippen molar-refractivity contribution < 1.29 is 9.84 Å². The normalized spacial score (nSPS) is 12.1. The Bertz CT molecular complexity index is 826. The Balaban J connectivity index is 1.35. The lowest BCUT2D eigenvalue weighted by molar-refractivity contribution is 0.0744. The molecule has 0 aliphatic carbocycles. The maximum atomic E-state index is 10.3. The second kappa shape index (κ2) is 11.3. The Kier molecular flexibility index (Phi) is 8.19. The Morgan fingerprint density at radius 2 is 1.66 bits per heavy atom. The molecule has 0 spiro atoms. The Morgan fingerprint density at radius 1 is 0.931 bits per heavy atom. The first-order valence-corrected chi connectivity index (χ1v) is 9.91. The van der Waals surface area contributed by atoms with Crippen LogP contribution < -0.4 is 10.1 Å². The number of nitrogens with one attached hydrogen (secondary N) is 1. The lowest BCUT2D eigenvalue weighted by Crippen LogP contribution is -2.32. The van der Waals surface area contributed by atoms with Crippen LogP contribution in [0.25, 0.3) is 0 Å². The predicted molar refractivity (Wildman–Crippen MR) is 116 cm³/mol. The summed E-state index contributed by atoms with van der Waals surface area (Å²) in [7, 11) is 2.00. The molecule has 0 bridgehead atoms. The molecule has 3 rings (SSSR count). The van der Waals surface area contributed by atoms with Gasteiger partial charge < -0.3 is 15.2 Å². The predicted octanol–water partition coefficient (Wildman–Crippen LogP) is 3.24. The summed E-state index contributed by atoms with van der Waals surface area (Å²) in [5.74, 6) is 0.769. The topological polar surface area (TPSA) is 57.6 Å². The molecule has 5 heteroatoms. The lowest BCUT2D eigenvalue weighted by Gasteiger charge is -2.21. The van der Waals surface area contributed by atoms with Crippen molar-refractivity contribution >= 4 is 0 Å². The first kappa shape index (κ1) is 21.0. The zero-order valence-electron chi connectivity index (χ0n) is 16.9. The van der Waals surface area contributed by atoms with Gasteiger partial charge in [0.2, 0.25) is 0 Å². The number of nitrogens with zero attached hydrogens (tertiary/aromatic N) is 2. The van der Waals surface area contributed by atoms with E-state index in [-0.39, 0.29) is 6.61 Å². The van der Waals surface area contributed by atoms with Crippen molar-refractivity contribution in [3.05, 3.63) is 95.8 Å². The van der Waals surface area contributed by atoms with Crippen molar-refractivity contribution in [2.24, 2.45) is 0 Å². The van der Waals surface area contributed by atoms with E-state index in [0.717, 1.165) is 25.4 Å². The highest BCUT2D eigenvalue weighted by Gasteiger charge is 2.10. The third kappa shape index (κ3) is 7.66. The molecule has 152 valence electrons. The fraction of sp³-hybridized carbons (Fsp3) is 0.292. The average molecular weight is 392 g/mol. The third-order valence-corrected chi connectivity index (χ3v) is 4.56. The van der Waals surface area contributed by atoms with Crippen LogP contribution in [0, 0.1) is 0 Å². The maximum absolute atomic E-state index is 10.3. The van der Waals surface area contributed by atoms with E-state index in [1.54, 1.807) is 6.20 Å². The quantitative estimate of drug-likeness (QED) is 0.526. The van der Waals surface area contributed by atoms with Gasteiger partial charge in [-0.3, -0.25) is 9.88 Å². The molecule has 0 aliphatic heterocycles. The number of rotatable bonds is 11. The number of aliphatic hydroxyl groups is 1. The number of ether oxygens (including phenoxy) is 1. The number of likely N-dealkylation sites (N-methyl/N-ethyl adjacent to an activating group) is 1. The van der Waals surface area contributed by atoms with Crippen LogP contribution in [0.15, 0.2) is 79.1 Å². The maximum Gasteiger partial charge on any atom is 0.119 e. The van der Waals surface area contributed by atoms with Crippen LogP contribution in [0.1, 0.15) is 16.7 Å². The summed E-state index contributed by atoms with van der Waals surface area (Å²) in [5, 5.41) is 13.7. The van der Waals surface area contributed by atoms with Crippen LogP contribution >= 0.6 is 0 Å². The Morgan fingerprint density at radius 3 is 2.38 bits per heavy atom. The number of benzene rings is 2. The minimum absolute atomic E-state index is 0.276. The van der Waals surface area contributed by atoms with Crippen LogP contribution in [-0.2, 0) is 19.6 Å². The van der Waals surface area contributed by atoms with Crippen molar-refractivity contribution in [1.29, 1.82) is 0 Å². The van der Waals surface area contributed by atoms with E-state index in [0.29, 0.717) is 6.54 Å². The number of hydrogen-bond acceptors (Lipinski definition) is 5. The summed E-state index contributed by atoms with van der Waals surface area (Å²) in [5.41, 5.74) is 3.58. The third-order valence-electron chi connectivity index (χ3n) is 4.56. The average Bonchev–Trinajstić information content (AvgIpc) is 2.74. The number of aliphatic hydroxyl groups excluding tert-OH is 1. The van der Waals surface area contributed by atoms with E-state index in [4.69, 9.17) is 4.74 Å². The molecule has 1 heterocycles. The molecule has 5 nitrogen and oxygen atoms in total. The van der Waals surface area contributed by atoms with Gasteiger partial charge in [-0.2, -0.15) is 0 Å². The fourth-order valence-corrected chi connectivity index (χ4v) is 3.12. The highest BCUT2D eigenvalue weighted by molar-refractivity contribution is 5.27. The number of aromatic nitrogens is 1. The van der Waals surface area contributed by atoms with Gasteiger partial charge in [0.15, 0.2) is 0 Å². The largest absolute Gasteiger partial charge is 0.491 e. The van der Waals surface area contributed by atoms with Gasteiger partial charge >= 0.3 is 0 Å². The Hall–Kier alpha value is -2.73. The first-order chi connectivity index (χ1) is 14.2. The van der Waals surface area contributed by atoms with Gasteiger partial charge in [-0.15, -0.1) is 0 Å². The summed E-state index contributed by atoms with van der Waals surface area (Å²) in [4.78, 5) is 6.21. The molecule has 0 radical (unpaired) electrons. The highest BCUT2D eigenvalue weighted by atomic mass is 16.5. The molecule has 3 aromatic rings. The van der Waals surface area contributed by atoms with Gasteiger partial charge in [0.05, 0.1) is 0 Å². The van der Waals surface area contributed by atoms with Crippen molar-refractivity contribution in [3.8, 4) is 5.75 Å². The molecule has 1 aromatic heterocycles. The van der Waals surface area contributed by atoms with Crippen molar-refractivity contribution in [1.82, 2.24) is 15.2 Å². The van der Waals surface area contributed by atoms with Gasteiger partial charge in [0.1, 0.15) is 18.5 Å². The van der Waals surface area contributed by atoms with E-state index in [1.807, 2.05) is 61.8 Å². The summed E-state index contributed by atoms with van der Waals surface area (Å²) in [6, 6.07) is 22.2. The second-order valence-corrected chi connectivity index (χ2v) is 7.26. The standard InChI is InChI=1S/C24H29N3O2/c1-27(17-21-6-3-2-4-7-21)18-23(28)19-29-24-11-9-20(10-12-24)14-26-16-22-8-5-13-25-15-22/h2-13,15,23,26,28H,14,16-19H2,1H3/t23-/m1/s1. The van der Waals surface area contributed by atoms with Gasteiger partial charge in [0, 0.05) is 38.6 Å². The van der Waals surface area contributed by atoms with Gasteiger partial charge in [-0.1, -0.05) is 48.5 Å². The smallest absolute Gasteiger partial charge is 0.119 e. The zero-order chi connectivity index (χ0) is 20.3. The Labute approximate surface area is 173 Å². The monoisotopic (exact) mass is 391 g/mol. The van der Waals surface area contributed by atoms with Crippen molar-refractivity contribution in [3.63, 3.8) is 0 Å². The van der Waals surface area contributed by atoms with Crippen molar-refractivity contribution in [2.75, 3.05) is 20.2 Å². The molecule has 0 saturated carbocycles. The van der Waals surface area contributed by atoms with Gasteiger partial charge in [-0.25, -0.2) is 0 Å². The van der Waals surface area contributed by atoms with E-state index < -0.39 is 6.10 Å². The molecule has 0 fully saturated rings. The lowest BCUT2D eigenvalue weighted by atomic mass is 10.2. The number of pyridine rings is 1. The van der Waals surface area contributed by atoms with E-state index in [2.05, 4.69) is 33.4 Å². The molecular formula is C24H29N3O2. The molecule has 2 N–H and O–H groups in total. The molecule has 0 unspecified atom stereocenters. The van der Waals surface area contributed by atoms with Crippen LogP contribution in [-0.4, -0.2) is 41.3 Å². The molecule has 29 heavy (non-hydrogen) atoms. The van der Waals surface area contributed by atoms with Crippen LogP contribution in [0.3, 0.4) is 0 Å². The second-order valence-electron chi connectivity index (χ2n) is 7.26. The molecule has 2 aromatic carbocycles.